The first-order valence-electron chi connectivity index (χ1n) is 11.3. The van der Waals surface area contributed by atoms with E-state index in [0.29, 0.717) is 6.42 Å². The minimum Gasteiger partial charge on any atom is -0.392 e. The molecule has 1 aliphatic heterocycles. The van der Waals surface area contributed by atoms with Gasteiger partial charge in [0.05, 0.1) is 30.0 Å². The van der Waals surface area contributed by atoms with Crippen LogP contribution in [0.25, 0.3) is 0 Å². The molecule has 6 aliphatic rings. The Kier molecular flexibility index (Phi) is 3.52. The van der Waals surface area contributed by atoms with Gasteiger partial charge >= 0.3 is 0 Å². The summed E-state index contributed by atoms with van der Waals surface area (Å²) in [5, 5.41) is 46.7. The standard InChI is InChI=1S/C22H35NO5/c1-4-23-9-20(2)6-5-13(24)22-11-7-10-12(28-3)8-21(27,14(11)16(10)25)15(19(22)23)17(26)18(20)22/h10-19,24-27H,4-9H2,1-3H3/t10-,11-,12+,13+,14-,15+,16+,17-,18-,19?,20+,21-,22+/m1/s1. The van der Waals surface area contributed by atoms with Crippen molar-refractivity contribution in [2.45, 2.75) is 75.6 Å². The number of hydrogen-bond acceptors (Lipinski definition) is 6. The molecule has 28 heavy (non-hydrogen) atoms. The van der Waals surface area contributed by atoms with Crippen molar-refractivity contribution in [1.29, 1.82) is 0 Å². The number of hydrogen-bond donors (Lipinski definition) is 4. The van der Waals surface area contributed by atoms with Crippen LogP contribution in [0, 0.1) is 40.4 Å². The molecular formula is C22H35NO5. The summed E-state index contributed by atoms with van der Waals surface area (Å²) in [6, 6.07) is -0.0197. The van der Waals surface area contributed by atoms with Gasteiger partial charge in [0, 0.05) is 55.2 Å². The fourth-order valence-corrected chi connectivity index (χ4v) is 10.2. The van der Waals surface area contributed by atoms with Gasteiger partial charge in [-0.2, -0.15) is 0 Å². The van der Waals surface area contributed by atoms with E-state index < -0.39 is 29.3 Å². The van der Waals surface area contributed by atoms with Crippen molar-refractivity contribution < 1.29 is 25.2 Å². The van der Waals surface area contributed by atoms with Crippen molar-refractivity contribution in [3.8, 4) is 0 Å². The van der Waals surface area contributed by atoms with Crippen molar-refractivity contribution in [3.05, 3.63) is 0 Å². The first kappa shape index (κ1) is 18.5. The molecule has 158 valence electrons. The minimum absolute atomic E-state index is 0.00637. The molecule has 0 aromatic carbocycles. The van der Waals surface area contributed by atoms with Gasteiger partial charge in [-0.15, -0.1) is 0 Å². The highest BCUT2D eigenvalue weighted by atomic mass is 16.5. The molecule has 6 heteroatoms. The van der Waals surface area contributed by atoms with Crippen LogP contribution in [0.5, 0.6) is 0 Å². The average Bonchev–Trinajstić information content (AvgIpc) is 3.05. The Bertz CT molecular complexity index is 704. The van der Waals surface area contributed by atoms with Gasteiger partial charge in [0.2, 0.25) is 0 Å². The van der Waals surface area contributed by atoms with Crippen LogP contribution >= 0.6 is 0 Å². The largest absolute Gasteiger partial charge is 0.392 e. The van der Waals surface area contributed by atoms with Crippen LogP contribution in [-0.2, 0) is 4.74 Å². The number of piperidine rings is 1. The third kappa shape index (κ3) is 1.65. The van der Waals surface area contributed by atoms with Crippen LogP contribution in [0.3, 0.4) is 0 Å². The quantitative estimate of drug-likeness (QED) is 0.536. The number of methoxy groups -OCH3 is 1. The number of ether oxygens (including phenoxy) is 1. The third-order valence-corrected chi connectivity index (χ3v) is 10.7. The van der Waals surface area contributed by atoms with E-state index in [2.05, 4.69) is 18.7 Å². The van der Waals surface area contributed by atoms with Gasteiger partial charge in [0.25, 0.3) is 0 Å². The Morgan fingerprint density at radius 2 is 1.89 bits per heavy atom. The van der Waals surface area contributed by atoms with Crippen molar-refractivity contribution in [2.24, 2.45) is 40.4 Å². The van der Waals surface area contributed by atoms with E-state index >= 15 is 0 Å². The number of aliphatic hydroxyl groups is 4. The van der Waals surface area contributed by atoms with Gasteiger partial charge in [0.15, 0.2) is 0 Å². The molecule has 0 amide bonds. The Balaban J connectivity index is 1.62. The van der Waals surface area contributed by atoms with Crippen molar-refractivity contribution >= 4 is 0 Å². The molecule has 0 aromatic heterocycles. The number of aliphatic hydroxyl groups excluding tert-OH is 3. The van der Waals surface area contributed by atoms with Crippen LogP contribution in [0.15, 0.2) is 0 Å². The van der Waals surface area contributed by atoms with Crippen molar-refractivity contribution in [3.63, 3.8) is 0 Å². The minimum atomic E-state index is -1.14. The van der Waals surface area contributed by atoms with Gasteiger partial charge in [-0.05, 0) is 37.1 Å². The lowest BCUT2D eigenvalue weighted by Crippen LogP contribution is -2.75. The van der Waals surface area contributed by atoms with E-state index in [-0.39, 0.29) is 47.2 Å². The molecule has 0 radical (unpaired) electrons. The Hall–Kier alpha value is -0.240. The van der Waals surface area contributed by atoms with Gasteiger partial charge in [-0.1, -0.05) is 13.8 Å². The lowest BCUT2D eigenvalue weighted by molar-refractivity contribution is -0.266. The van der Waals surface area contributed by atoms with Crippen LogP contribution in [-0.4, -0.2) is 81.6 Å². The molecular weight excluding hydrogens is 358 g/mol. The second-order valence-corrected chi connectivity index (χ2v) is 11.2. The summed E-state index contributed by atoms with van der Waals surface area (Å²) in [5.74, 6) is -0.557. The predicted octanol–water partition coefficient (Wildman–Crippen LogP) is 0.221. The summed E-state index contributed by atoms with van der Waals surface area (Å²) >= 11 is 0. The maximum absolute atomic E-state index is 12.2. The number of fused-ring (bicyclic) bond motifs is 2. The summed E-state index contributed by atoms with van der Waals surface area (Å²) in [4.78, 5) is 2.45. The Morgan fingerprint density at radius 3 is 2.57 bits per heavy atom. The average molecular weight is 394 g/mol. The fourth-order valence-electron chi connectivity index (χ4n) is 10.2. The molecule has 6 fully saturated rings. The molecule has 5 aliphatic carbocycles. The van der Waals surface area contributed by atoms with Crippen molar-refractivity contribution in [1.82, 2.24) is 4.90 Å². The summed E-state index contributed by atoms with van der Waals surface area (Å²) in [6.07, 6.45) is 1.01. The second-order valence-electron chi connectivity index (χ2n) is 11.2. The lowest BCUT2D eigenvalue weighted by atomic mass is 9.43. The van der Waals surface area contributed by atoms with Crippen LogP contribution in [0.1, 0.15) is 39.5 Å². The summed E-state index contributed by atoms with van der Waals surface area (Å²) < 4.78 is 5.74. The Morgan fingerprint density at radius 1 is 1.14 bits per heavy atom. The predicted molar refractivity (Wildman–Crippen MR) is 101 cm³/mol. The zero-order chi connectivity index (χ0) is 19.8. The summed E-state index contributed by atoms with van der Waals surface area (Å²) in [6.45, 7) is 6.23. The molecule has 6 rings (SSSR count). The van der Waals surface area contributed by atoms with Gasteiger partial charge in [-0.3, -0.25) is 4.90 Å². The summed E-state index contributed by atoms with van der Waals surface area (Å²) in [5.41, 5.74) is -1.62. The number of nitrogens with zero attached hydrogens (tertiary/aromatic N) is 1. The monoisotopic (exact) mass is 393 g/mol. The van der Waals surface area contributed by atoms with E-state index in [0.717, 1.165) is 32.4 Å². The van der Waals surface area contributed by atoms with Crippen LogP contribution in [0.2, 0.25) is 0 Å². The van der Waals surface area contributed by atoms with E-state index in [1.54, 1.807) is 7.11 Å². The normalized spacial score (nSPS) is 67.0. The second kappa shape index (κ2) is 5.32. The van der Waals surface area contributed by atoms with Crippen molar-refractivity contribution in [2.75, 3.05) is 20.2 Å². The SMILES string of the molecule is CCN1C[C@]2(C)CC[C@H](O)[C@]34C1[C@H]([C@@H](O)[C@H]23)[C@@]1(O)C[C@H](OC)[C@H]2C[C@@H]4[C@@H]1[C@H]2O. The zero-order valence-corrected chi connectivity index (χ0v) is 17.2. The maximum atomic E-state index is 12.2. The molecule has 4 N–H and O–H groups in total. The molecule has 7 bridgehead atoms. The van der Waals surface area contributed by atoms with E-state index in [1.165, 1.54) is 0 Å². The number of rotatable bonds is 2. The van der Waals surface area contributed by atoms with Gasteiger partial charge in [-0.25, -0.2) is 0 Å². The molecule has 1 saturated heterocycles. The molecule has 0 aromatic rings. The highest BCUT2D eigenvalue weighted by molar-refractivity contribution is 5.34. The fraction of sp³-hybridized carbons (Fsp3) is 1.00. The van der Waals surface area contributed by atoms with Gasteiger partial charge < -0.3 is 25.2 Å². The molecule has 13 atom stereocenters. The topological polar surface area (TPSA) is 93.4 Å². The van der Waals surface area contributed by atoms with Crippen LogP contribution in [0.4, 0.5) is 0 Å². The summed E-state index contributed by atoms with van der Waals surface area (Å²) in [7, 11) is 1.67. The highest BCUT2D eigenvalue weighted by Gasteiger charge is 2.85. The zero-order valence-electron chi connectivity index (χ0n) is 17.2. The smallest absolute Gasteiger partial charge is 0.0796 e. The van der Waals surface area contributed by atoms with E-state index in [9.17, 15) is 20.4 Å². The van der Waals surface area contributed by atoms with E-state index in [4.69, 9.17) is 4.74 Å². The lowest BCUT2D eigenvalue weighted by Gasteiger charge is -2.68. The highest BCUT2D eigenvalue weighted by Crippen LogP contribution is 2.78. The third-order valence-electron chi connectivity index (χ3n) is 10.7. The first-order valence-corrected chi connectivity index (χ1v) is 11.3. The molecule has 5 saturated carbocycles. The van der Waals surface area contributed by atoms with Crippen LogP contribution < -0.4 is 0 Å². The maximum Gasteiger partial charge on any atom is 0.0796 e. The first-order chi connectivity index (χ1) is 13.3. The molecule has 1 unspecified atom stereocenters. The number of likely N-dealkylation sites (tertiary alicyclic amines) is 1. The van der Waals surface area contributed by atoms with E-state index in [1.807, 2.05) is 0 Å². The molecule has 1 heterocycles. The van der Waals surface area contributed by atoms with Gasteiger partial charge in [0.1, 0.15) is 0 Å². The molecule has 6 nitrogen and oxygen atoms in total. The Labute approximate surface area is 166 Å². The molecule has 1 spiro atoms.